The highest BCUT2D eigenvalue weighted by Gasteiger charge is 2.23. The maximum atomic E-state index is 13.2. The molecule has 1 heterocycles. The van der Waals surface area contributed by atoms with E-state index in [9.17, 15) is 13.6 Å². The fourth-order valence-electron chi connectivity index (χ4n) is 2.63. The van der Waals surface area contributed by atoms with Crippen LogP contribution in [0, 0.1) is 11.6 Å². The number of hydrogen-bond donors (Lipinski definition) is 0. The van der Waals surface area contributed by atoms with Gasteiger partial charge in [0.2, 0.25) is 5.91 Å². The fourth-order valence-corrected chi connectivity index (χ4v) is 2.63. The molecule has 1 amide bonds. The topological polar surface area (TPSA) is 32.8 Å². The van der Waals surface area contributed by atoms with E-state index in [0.717, 1.165) is 25.1 Å². The molecule has 1 fully saturated rings. The fraction of sp³-hybridized carbons (Fsp3) is 0.588. The molecule has 0 saturated carbocycles. The number of ether oxygens (including phenoxy) is 1. The molecule has 1 aromatic carbocycles. The van der Waals surface area contributed by atoms with E-state index in [1.54, 1.807) is 0 Å². The molecule has 0 N–H and O–H groups in total. The number of amides is 1. The van der Waals surface area contributed by atoms with Crippen LogP contribution in [-0.4, -0.2) is 62.1 Å². The Hall–Kier alpha value is -1.53. The molecular formula is C17H24F2N2O2. The number of benzene rings is 1. The number of nitrogens with zero attached hydrogens (tertiary/aromatic N) is 2. The largest absolute Gasteiger partial charge is 0.374 e. The Balaban J connectivity index is 1.81. The number of carbonyl (C=O) groups excluding carboxylic acids is 1. The van der Waals surface area contributed by atoms with Gasteiger partial charge in [0.05, 0.1) is 12.7 Å². The van der Waals surface area contributed by atoms with Crippen molar-refractivity contribution in [2.24, 2.45) is 0 Å². The lowest BCUT2D eigenvalue weighted by molar-refractivity contribution is -0.139. The molecule has 6 heteroatoms. The van der Waals surface area contributed by atoms with Crippen molar-refractivity contribution < 1.29 is 18.3 Å². The lowest BCUT2D eigenvalue weighted by Gasteiger charge is -2.33. The minimum Gasteiger partial charge on any atom is -0.374 e. The molecule has 0 aromatic heterocycles. The summed E-state index contributed by atoms with van der Waals surface area (Å²) in [6, 6.07) is 3.77. The Morgan fingerprint density at radius 3 is 2.83 bits per heavy atom. The third-order valence-corrected chi connectivity index (χ3v) is 4.00. The molecule has 1 aliphatic rings. The minimum absolute atomic E-state index is 0.0351. The lowest BCUT2D eigenvalue weighted by Crippen LogP contribution is -2.46. The summed E-state index contributed by atoms with van der Waals surface area (Å²) in [5, 5.41) is 0. The van der Waals surface area contributed by atoms with Gasteiger partial charge in [-0.3, -0.25) is 4.79 Å². The molecule has 1 saturated heterocycles. The number of aryl methyl sites for hydroxylation is 1. The van der Waals surface area contributed by atoms with Crippen molar-refractivity contribution in [3.05, 3.63) is 35.4 Å². The zero-order chi connectivity index (χ0) is 16.8. The van der Waals surface area contributed by atoms with Crippen molar-refractivity contribution in [1.29, 1.82) is 0 Å². The molecule has 4 nitrogen and oxygen atoms in total. The lowest BCUT2D eigenvalue weighted by atomic mass is 10.1. The summed E-state index contributed by atoms with van der Waals surface area (Å²) in [6.07, 6.45) is 1.67. The Bertz CT molecular complexity index is 537. The van der Waals surface area contributed by atoms with E-state index < -0.39 is 11.6 Å². The van der Waals surface area contributed by atoms with E-state index >= 15 is 0 Å². The zero-order valence-electron chi connectivity index (χ0n) is 13.7. The predicted octanol–water partition coefficient (Wildman–Crippen LogP) is 2.08. The highest BCUT2D eigenvalue weighted by atomic mass is 19.2. The van der Waals surface area contributed by atoms with Gasteiger partial charge in [-0.15, -0.1) is 0 Å². The number of morpholine rings is 1. The van der Waals surface area contributed by atoms with E-state index in [-0.39, 0.29) is 12.0 Å². The Kier molecular flexibility index (Phi) is 6.47. The van der Waals surface area contributed by atoms with Gasteiger partial charge in [0.1, 0.15) is 0 Å². The molecule has 1 atom stereocenters. The molecule has 23 heavy (non-hydrogen) atoms. The third-order valence-electron chi connectivity index (χ3n) is 4.00. The number of halogens is 2. The van der Waals surface area contributed by atoms with Crippen molar-refractivity contribution in [3.8, 4) is 0 Å². The summed E-state index contributed by atoms with van der Waals surface area (Å²) >= 11 is 0. The zero-order valence-corrected chi connectivity index (χ0v) is 13.7. The van der Waals surface area contributed by atoms with Gasteiger partial charge in [-0.1, -0.05) is 6.07 Å². The van der Waals surface area contributed by atoms with E-state index in [1.807, 2.05) is 19.0 Å². The van der Waals surface area contributed by atoms with Gasteiger partial charge in [0, 0.05) is 26.1 Å². The van der Waals surface area contributed by atoms with Crippen LogP contribution < -0.4 is 0 Å². The molecule has 1 aromatic rings. The average molecular weight is 326 g/mol. The van der Waals surface area contributed by atoms with Crippen LogP contribution in [0.2, 0.25) is 0 Å². The Morgan fingerprint density at radius 2 is 2.13 bits per heavy atom. The summed E-state index contributed by atoms with van der Waals surface area (Å²) in [4.78, 5) is 16.2. The summed E-state index contributed by atoms with van der Waals surface area (Å²) < 4.78 is 31.8. The Labute approximate surface area is 136 Å². The van der Waals surface area contributed by atoms with Crippen LogP contribution in [0.25, 0.3) is 0 Å². The van der Waals surface area contributed by atoms with E-state index in [2.05, 4.69) is 4.90 Å². The van der Waals surface area contributed by atoms with Gasteiger partial charge in [-0.25, -0.2) is 8.78 Å². The molecule has 0 aliphatic carbocycles. The summed E-state index contributed by atoms with van der Waals surface area (Å²) in [6.45, 7) is 2.66. The van der Waals surface area contributed by atoms with Gasteiger partial charge in [-0.05, 0) is 44.6 Å². The highest BCUT2D eigenvalue weighted by molar-refractivity contribution is 5.76. The Morgan fingerprint density at radius 1 is 1.35 bits per heavy atom. The van der Waals surface area contributed by atoms with Crippen LogP contribution in [0.5, 0.6) is 0 Å². The number of hydrogen-bond acceptors (Lipinski definition) is 3. The molecule has 1 aliphatic heterocycles. The van der Waals surface area contributed by atoms with E-state index in [4.69, 9.17) is 4.74 Å². The maximum absolute atomic E-state index is 13.2. The smallest absolute Gasteiger partial charge is 0.223 e. The first-order valence-electron chi connectivity index (χ1n) is 7.93. The van der Waals surface area contributed by atoms with Gasteiger partial charge in [0.15, 0.2) is 11.6 Å². The SMILES string of the molecule is CN(C)CC[C@H]1CN(C(=O)CCc2ccc(F)c(F)c2)CCO1. The summed E-state index contributed by atoms with van der Waals surface area (Å²) in [5.74, 6) is -1.70. The minimum atomic E-state index is -0.870. The highest BCUT2D eigenvalue weighted by Crippen LogP contribution is 2.14. The van der Waals surface area contributed by atoms with Gasteiger partial charge in [0.25, 0.3) is 0 Å². The van der Waals surface area contributed by atoms with Crippen molar-refractivity contribution >= 4 is 5.91 Å². The third kappa shape index (κ3) is 5.55. The molecule has 2 rings (SSSR count). The van der Waals surface area contributed by atoms with Crippen LogP contribution in [0.3, 0.4) is 0 Å². The second-order valence-corrected chi connectivity index (χ2v) is 6.17. The van der Waals surface area contributed by atoms with Gasteiger partial charge in [-0.2, -0.15) is 0 Å². The number of rotatable bonds is 6. The second kappa shape index (κ2) is 8.36. The van der Waals surface area contributed by atoms with Crippen LogP contribution in [0.1, 0.15) is 18.4 Å². The molecule has 0 radical (unpaired) electrons. The van der Waals surface area contributed by atoms with Crippen LogP contribution >= 0.6 is 0 Å². The monoisotopic (exact) mass is 326 g/mol. The summed E-state index contributed by atoms with van der Waals surface area (Å²) in [7, 11) is 4.02. The van der Waals surface area contributed by atoms with Crippen LogP contribution in [0.4, 0.5) is 8.78 Å². The normalized spacial score (nSPS) is 18.5. The van der Waals surface area contributed by atoms with Crippen molar-refractivity contribution in [1.82, 2.24) is 9.80 Å². The van der Waals surface area contributed by atoms with Gasteiger partial charge >= 0.3 is 0 Å². The molecule has 0 bridgehead atoms. The number of carbonyl (C=O) groups is 1. The first kappa shape index (κ1) is 17.8. The maximum Gasteiger partial charge on any atom is 0.223 e. The quantitative estimate of drug-likeness (QED) is 0.802. The first-order chi connectivity index (χ1) is 11.0. The van der Waals surface area contributed by atoms with Crippen molar-refractivity contribution in [2.45, 2.75) is 25.4 Å². The summed E-state index contributed by atoms with van der Waals surface area (Å²) in [5.41, 5.74) is 0.634. The second-order valence-electron chi connectivity index (χ2n) is 6.17. The molecule has 128 valence electrons. The molecule has 0 spiro atoms. The predicted molar refractivity (Wildman–Crippen MR) is 84.2 cm³/mol. The van der Waals surface area contributed by atoms with Crippen molar-refractivity contribution in [2.75, 3.05) is 40.3 Å². The van der Waals surface area contributed by atoms with E-state index in [0.29, 0.717) is 38.1 Å². The molecule has 0 unspecified atom stereocenters. The van der Waals surface area contributed by atoms with Gasteiger partial charge < -0.3 is 14.5 Å². The van der Waals surface area contributed by atoms with Crippen molar-refractivity contribution in [3.63, 3.8) is 0 Å². The van der Waals surface area contributed by atoms with E-state index in [1.165, 1.54) is 6.07 Å². The standard InChI is InChI=1S/C17H24F2N2O2/c1-20(2)8-7-14-12-21(9-10-23-14)17(22)6-4-13-3-5-15(18)16(19)11-13/h3,5,11,14H,4,6-10,12H2,1-2H3/t14-/m0/s1. The molecular weight excluding hydrogens is 302 g/mol. The van der Waals surface area contributed by atoms with Crippen LogP contribution in [-0.2, 0) is 16.0 Å². The first-order valence-corrected chi connectivity index (χ1v) is 7.93. The average Bonchev–Trinajstić information content (AvgIpc) is 2.54. The van der Waals surface area contributed by atoms with Crippen LogP contribution in [0.15, 0.2) is 18.2 Å².